The quantitative estimate of drug-likeness (QED) is 0.346. The zero-order chi connectivity index (χ0) is 19.1. The van der Waals surface area contributed by atoms with Gasteiger partial charge in [0.15, 0.2) is 5.11 Å². The lowest BCUT2D eigenvalue weighted by atomic mass is 10.0. The average molecular weight is 388 g/mol. The molecule has 1 aromatic heterocycles. The second-order valence-electron chi connectivity index (χ2n) is 6.90. The number of thiocarbonyl (C=S) groups is 1. The summed E-state index contributed by atoms with van der Waals surface area (Å²) in [5.74, 6) is 1.16. The number of benzene rings is 1. The van der Waals surface area contributed by atoms with E-state index in [0.29, 0.717) is 17.4 Å². The standard InChI is InChI=1S/C20H26N4O2S/c1-15(22-23-20(27)21-13-18-6-5-11-26-18)16-7-8-19(25)17(12-16)14-24-9-3-2-4-10-24/h5-8,11-12,25H,2-4,9-10,13-14H2,1H3,(H2,21,23,27)/p+1/b22-15+. The minimum atomic E-state index is 0.355. The molecule has 1 aromatic carbocycles. The van der Waals surface area contributed by atoms with Crippen LogP contribution in [-0.2, 0) is 13.1 Å². The molecule has 2 aromatic rings. The Balaban J connectivity index is 1.57. The van der Waals surface area contributed by atoms with Crippen LogP contribution in [-0.4, -0.2) is 29.0 Å². The monoisotopic (exact) mass is 387 g/mol. The molecule has 1 aliphatic heterocycles. The maximum atomic E-state index is 10.2. The Bertz CT molecular complexity index is 783. The normalized spacial score (nSPS) is 15.5. The third-order valence-electron chi connectivity index (χ3n) is 4.83. The van der Waals surface area contributed by atoms with Crippen molar-refractivity contribution in [2.75, 3.05) is 13.1 Å². The molecule has 6 nitrogen and oxygen atoms in total. The van der Waals surface area contributed by atoms with Crippen LogP contribution in [0.15, 0.2) is 46.1 Å². The second kappa shape index (κ2) is 9.53. The van der Waals surface area contributed by atoms with Gasteiger partial charge in [0.1, 0.15) is 18.1 Å². The fraction of sp³-hybridized carbons (Fsp3) is 0.400. The molecule has 0 amide bonds. The number of piperidine rings is 1. The Morgan fingerprint density at radius 1 is 1.26 bits per heavy atom. The van der Waals surface area contributed by atoms with Crippen molar-refractivity contribution >= 4 is 23.0 Å². The summed E-state index contributed by atoms with van der Waals surface area (Å²) in [5, 5.41) is 18.0. The van der Waals surface area contributed by atoms with Crippen molar-refractivity contribution in [2.24, 2.45) is 5.10 Å². The third kappa shape index (κ3) is 5.80. The van der Waals surface area contributed by atoms with Crippen LogP contribution >= 0.6 is 12.2 Å². The van der Waals surface area contributed by atoms with Crippen LogP contribution < -0.4 is 15.6 Å². The Morgan fingerprint density at radius 3 is 2.81 bits per heavy atom. The molecule has 27 heavy (non-hydrogen) atoms. The number of phenols is 1. The molecule has 144 valence electrons. The fourth-order valence-electron chi connectivity index (χ4n) is 3.27. The summed E-state index contributed by atoms with van der Waals surface area (Å²) in [5.41, 5.74) is 5.61. The van der Waals surface area contributed by atoms with Crippen molar-refractivity contribution in [3.63, 3.8) is 0 Å². The molecule has 0 spiro atoms. The smallest absolute Gasteiger partial charge is 0.187 e. The minimum Gasteiger partial charge on any atom is -0.507 e. The van der Waals surface area contributed by atoms with Gasteiger partial charge in [-0.25, -0.2) is 0 Å². The summed E-state index contributed by atoms with van der Waals surface area (Å²) in [4.78, 5) is 1.53. The number of hydrogen-bond donors (Lipinski definition) is 4. The van der Waals surface area contributed by atoms with Crippen LogP contribution in [0, 0.1) is 0 Å². The van der Waals surface area contributed by atoms with E-state index in [4.69, 9.17) is 16.6 Å². The molecule has 2 heterocycles. The number of phenolic OH excluding ortho intramolecular Hbond substituents is 1. The van der Waals surface area contributed by atoms with Gasteiger partial charge in [0.05, 0.1) is 31.6 Å². The van der Waals surface area contributed by atoms with Gasteiger partial charge in [-0.05, 0) is 74.3 Å². The first-order valence-electron chi connectivity index (χ1n) is 9.38. The maximum absolute atomic E-state index is 10.2. The van der Waals surface area contributed by atoms with E-state index in [1.807, 2.05) is 31.2 Å². The van der Waals surface area contributed by atoms with Crippen LogP contribution in [0.1, 0.15) is 43.1 Å². The first-order valence-corrected chi connectivity index (χ1v) is 9.79. The Hall–Kier alpha value is -2.38. The molecule has 7 heteroatoms. The molecule has 3 rings (SSSR count). The number of rotatable bonds is 6. The molecule has 4 N–H and O–H groups in total. The number of nitrogens with zero attached hydrogens (tertiary/aromatic N) is 1. The van der Waals surface area contributed by atoms with Gasteiger partial charge in [-0.1, -0.05) is 0 Å². The molecule has 1 aliphatic rings. The van der Waals surface area contributed by atoms with E-state index < -0.39 is 0 Å². The molecule has 1 saturated heterocycles. The highest BCUT2D eigenvalue weighted by Crippen LogP contribution is 2.18. The predicted octanol–water partition coefficient (Wildman–Crippen LogP) is 1.94. The lowest BCUT2D eigenvalue weighted by Crippen LogP contribution is -3.11. The summed E-state index contributed by atoms with van der Waals surface area (Å²) < 4.78 is 5.25. The van der Waals surface area contributed by atoms with Gasteiger partial charge in [0, 0.05) is 5.56 Å². The number of hydrogen-bond acceptors (Lipinski definition) is 4. The van der Waals surface area contributed by atoms with Crippen LogP contribution in [0.4, 0.5) is 0 Å². The summed E-state index contributed by atoms with van der Waals surface area (Å²) in [6.45, 7) is 5.63. The number of hydrazone groups is 1. The molecular formula is C20H27N4O2S+. The van der Waals surface area contributed by atoms with E-state index in [2.05, 4.69) is 15.8 Å². The zero-order valence-corrected chi connectivity index (χ0v) is 16.4. The molecule has 0 aliphatic carbocycles. The SMILES string of the molecule is C/C(=N\NC(=S)NCc1ccco1)c1ccc(O)c(C[NH+]2CCCCC2)c1. The van der Waals surface area contributed by atoms with Gasteiger partial charge in [-0.2, -0.15) is 5.10 Å². The van der Waals surface area contributed by atoms with E-state index in [1.54, 1.807) is 12.3 Å². The minimum absolute atomic E-state index is 0.355. The highest BCUT2D eigenvalue weighted by molar-refractivity contribution is 7.80. The molecule has 0 radical (unpaired) electrons. The first-order chi connectivity index (χ1) is 13.1. The maximum Gasteiger partial charge on any atom is 0.187 e. The van der Waals surface area contributed by atoms with Crippen LogP contribution in [0.5, 0.6) is 5.75 Å². The highest BCUT2D eigenvalue weighted by atomic mass is 32.1. The first kappa shape index (κ1) is 19.4. The number of furan rings is 1. The van der Waals surface area contributed by atoms with Crippen molar-refractivity contribution in [3.05, 3.63) is 53.5 Å². The van der Waals surface area contributed by atoms with Crippen LogP contribution in [0.25, 0.3) is 0 Å². The average Bonchev–Trinajstić information content (AvgIpc) is 3.20. The molecule has 1 fully saturated rings. The fourth-order valence-corrected chi connectivity index (χ4v) is 3.39. The van der Waals surface area contributed by atoms with Crippen molar-refractivity contribution in [1.82, 2.24) is 10.7 Å². The van der Waals surface area contributed by atoms with Crippen molar-refractivity contribution in [1.29, 1.82) is 0 Å². The van der Waals surface area contributed by atoms with E-state index in [-0.39, 0.29) is 0 Å². The van der Waals surface area contributed by atoms with Crippen molar-refractivity contribution in [3.8, 4) is 5.75 Å². The summed E-state index contributed by atoms with van der Waals surface area (Å²) in [7, 11) is 0. The molecule has 0 saturated carbocycles. The number of nitrogens with one attached hydrogen (secondary N) is 3. The molecule has 0 bridgehead atoms. The Morgan fingerprint density at radius 2 is 2.07 bits per heavy atom. The summed E-state index contributed by atoms with van der Waals surface area (Å²) >= 11 is 5.24. The van der Waals surface area contributed by atoms with Crippen molar-refractivity contribution < 1.29 is 14.4 Å². The van der Waals surface area contributed by atoms with Gasteiger partial charge in [0.2, 0.25) is 0 Å². The second-order valence-corrected chi connectivity index (χ2v) is 7.31. The Kier molecular flexibility index (Phi) is 6.84. The van der Waals surface area contributed by atoms with Crippen LogP contribution in [0.2, 0.25) is 0 Å². The highest BCUT2D eigenvalue weighted by Gasteiger charge is 2.16. The Labute approximate surface area is 165 Å². The zero-order valence-electron chi connectivity index (χ0n) is 15.6. The van der Waals surface area contributed by atoms with Gasteiger partial charge in [-0.3, -0.25) is 5.43 Å². The van der Waals surface area contributed by atoms with E-state index >= 15 is 0 Å². The van der Waals surface area contributed by atoms with Crippen molar-refractivity contribution in [2.45, 2.75) is 39.3 Å². The van der Waals surface area contributed by atoms with Gasteiger partial charge >= 0.3 is 0 Å². The van der Waals surface area contributed by atoms with E-state index in [0.717, 1.165) is 29.1 Å². The van der Waals surface area contributed by atoms with Crippen LogP contribution in [0.3, 0.4) is 0 Å². The topological polar surface area (TPSA) is 74.2 Å². The number of likely N-dealkylation sites (tertiary alicyclic amines) is 1. The van der Waals surface area contributed by atoms with Gasteiger partial charge in [0.25, 0.3) is 0 Å². The molecular weight excluding hydrogens is 360 g/mol. The molecule has 0 atom stereocenters. The van der Waals surface area contributed by atoms with E-state index in [9.17, 15) is 5.11 Å². The lowest BCUT2D eigenvalue weighted by Gasteiger charge is -2.24. The third-order valence-corrected chi connectivity index (χ3v) is 5.06. The summed E-state index contributed by atoms with van der Waals surface area (Å²) in [6, 6.07) is 9.37. The predicted molar refractivity (Wildman–Crippen MR) is 110 cm³/mol. The number of quaternary nitrogens is 1. The van der Waals surface area contributed by atoms with E-state index in [1.165, 1.54) is 37.3 Å². The number of aromatic hydroxyl groups is 1. The van der Waals surface area contributed by atoms with Gasteiger partial charge in [-0.15, -0.1) is 0 Å². The van der Waals surface area contributed by atoms with Gasteiger partial charge < -0.3 is 19.7 Å². The molecule has 0 unspecified atom stereocenters. The summed E-state index contributed by atoms with van der Waals surface area (Å²) in [6.07, 6.45) is 5.48. The lowest BCUT2D eigenvalue weighted by molar-refractivity contribution is -0.918. The largest absolute Gasteiger partial charge is 0.507 e.